The predicted molar refractivity (Wildman–Crippen MR) is 66.1 cm³/mol. The van der Waals surface area contributed by atoms with Crippen LogP contribution in [0, 0.1) is 0 Å². The van der Waals surface area contributed by atoms with E-state index < -0.39 is 0 Å². The number of likely N-dealkylation sites (N-methyl/N-ethyl adjacent to an activating group) is 2. The molecule has 2 N–H and O–H groups in total. The standard InChI is InChI=1S/C12H27N3/c1-4-8-15(5-2)12(10-13)7-6-9-14(3)11-12/h4-11,13H2,1-3H3. The van der Waals surface area contributed by atoms with E-state index >= 15 is 0 Å². The third-order valence-corrected chi connectivity index (χ3v) is 3.67. The number of piperidine rings is 1. The average molecular weight is 213 g/mol. The average Bonchev–Trinajstić information content (AvgIpc) is 2.25. The number of rotatable bonds is 5. The Balaban J connectivity index is 2.71. The van der Waals surface area contributed by atoms with Crippen LogP contribution in [0.5, 0.6) is 0 Å². The van der Waals surface area contributed by atoms with Crippen LogP contribution >= 0.6 is 0 Å². The lowest BCUT2D eigenvalue weighted by Crippen LogP contribution is -2.62. The predicted octanol–water partition coefficient (Wildman–Crippen LogP) is 1.14. The Morgan fingerprint density at radius 1 is 1.40 bits per heavy atom. The summed E-state index contributed by atoms with van der Waals surface area (Å²) in [5.41, 5.74) is 6.29. The number of nitrogens with zero attached hydrogens (tertiary/aromatic N) is 2. The van der Waals surface area contributed by atoms with E-state index in [4.69, 9.17) is 5.73 Å². The normalized spacial score (nSPS) is 28.6. The minimum absolute atomic E-state index is 0.248. The maximum Gasteiger partial charge on any atom is 0.0458 e. The van der Waals surface area contributed by atoms with Gasteiger partial charge in [-0.2, -0.15) is 0 Å². The minimum Gasteiger partial charge on any atom is -0.329 e. The molecule has 1 saturated heterocycles. The van der Waals surface area contributed by atoms with Crippen LogP contribution in [0.2, 0.25) is 0 Å². The first-order valence-electron chi connectivity index (χ1n) is 6.32. The number of hydrogen-bond acceptors (Lipinski definition) is 3. The summed E-state index contributed by atoms with van der Waals surface area (Å²) in [6.45, 7) is 9.97. The molecule has 15 heavy (non-hydrogen) atoms. The highest BCUT2D eigenvalue weighted by Crippen LogP contribution is 2.26. The molecule has 1 heterocycles. The van der Waals surface area contributed by atoms with Gasteiger partial charge in [0.15, 0.2) is 0 Å². The van der Waals surface area contributed by atoms with Crippen LogP contribution in [-0.2, 0) is 0 Å². The van der Waals surface area contributed by atoms with E-state index in [0.29, 0.717) is 0 Å². The molecule has 1 aliphatic rings. The summed E-state index contributed by atoms with van der Waals surface area (Å²) in [6, 6.07) is 0. The van der Waals surface area contributed by atoms with Crippen LogP contribution in [0.15, 0.2) is 0 Å². The van der Waals surface area contributed by atoms with Gasteiger partial charge in [-0.05, 0) is 45.9 Å². The van der Waals surface area contributed by atoms with E-state index in [2.05, 4.69) is 30.7 Å². The van der Waals surface area contributed by atoms with Crippen molar-refractivity contribution in [2.45, 2.75) is 38.6 Å². The zero-order valence-electron chi connectivity index (χ0n) is 10.6. The van der Waals surface area contributed by atoms with Gasteiger partial charge >= 0.3 is 0 Å². The van der Waals surface area contributed by atoms with Crippen molar-refractivity contribution >= 4 is 0 Å². The molecule has 0 aromatic carbocycles. The quantitative estimate of drug-likeness (QED) is 0.743. The van der Waals surface area contributed by atoms with E-state index in [-0.39, 0.29) is 5.54 Å². The molecule has 0 aliphatic carbocycles. The van der Waals surface area contributed by atoms with Crippen molar-refractivity contribution in [3.05, 3.63) is 0 Å². The van der Waals surface area contributed by atoms with Crippen LogP contribution in [0.3, 0.4) is 0 Å². The van der Waals surface area contributed by atoms with Gasteiger partial charge in [0, 0.05) is 18.6 Å². The Kier molecular flexibility index (Phi) is 5.03. The van der Waals surface area contributed by atoms with Gasteiger partial charge in [0.05, 0.1) is 0 Å². The van der Waals surface area contributed by atoms with Crippen LogP contribution in [0.25, 0.3) is 0 Å². The van der Waals surface area contributed by atoms with Gasteiger partial charge in [-0.25, -0.2) is 0 Å². The van der Waals surface area contributed by atoms with Crippen LogP contribution in [0.1, 0.15) is 33.1 Å². The Bertz CT molecular complexity index is 184. The lowest BCUT2D eigenvalue weighted by atomic mass is 9.87. The monoisotopic (exact) mass is 213 g/mol. The molecule has 0 radical (unpaired) electrons. The van der Waals surface area contributed by atoms with Crippen molar-refractivity contribution in [2.75, 3.05) is 39.8 Å². The third kappa shape index (κ3) is 2.92. The summed E-state index contributed by atoms with van der Waals surface area (Å²) in [7, 11) is 2.21. The molecule has 0 amide bonds. The minimum atomic E-state index is 0.248. The molecule has 1 rings (SSSR count). The highest BCUT2D eigenvalue weighted by atomic mass is 15.3. The van der Waals surface area contributed by atoms with Gasteiger partial charge in [0.1, 0.15) is 0 Å². The van der Waals surface area contributed by atoms with E-state index in [1.165, 1.54) is 32.4 Å². The summed E-state index contributed by atoms with van der Waals surface area (Å²) in [5.74, 6) is 0. The summed E-state index contributed by atoms with van der Waals surface area (Å²) in [5, 5.41) is 0. The largest absolute Gasteiger partial charge is 0.329 e. The van der Waals surface area contributed by atoms with E-state index in [0.717, 1.165) is 19.6 Å². The first kappa shape index (κ1) is 12.9. The van der Waals surface area contributed by atoms with Crippen molar-refractivity contribution in [3.8, 4) is 0 Å². The second-order valence-corrected chi connectivity index (χ2v) is 4.85. The van der Waals surface area contributed by atoms with Crippen molar-refractivity contribution in [1.82, 2.24) is 9.80 Å². The maximum absolute atomic E-state index is 6.04. The summed E-state index contributed by atoms with van der Waals surface area (Å²) in [6.07, 6.45) is 3.77. The molecular formula is C12H27N3. The van der Waals surface area contributed by atoms with Gasteiger partial charge in [-0.3, -0.25) is 4.90 Å². The molecule has 1 atom stereocenters. The fraction of sp³-hybridized carbons (Fsp3) is 1.00. The number of likely N-dealkylation sites (tertiary alicyclic amines) is 1. The first-order valence-corrected chi connectivity index (χ1v) is 6.32. The number of nitrogens with two attached hydrogens (primary N) is 1. The lowest BCUT2D eigenvalue weighted by Gasteiger charge is -2.48. The number of hydrogen-bond donors (Lipinski definition) is 1. The molecular weight excluding hydrogens is 186 g/mol. The maximum atomic E-state index is 6.04. The van der Waals surface area contributed by atoms with Crippen molar-refractivity contribution in [1.29, 1.82) is 0 Å². The van der Waals surface area contributed by atoms with Crippen molar-refractivity contribution in [3.63, 3.8) is 0 Å². The molecule has 0 aromatic rings. The zero-order valence-corrected chi connectivity index (χ0v) is 10.6. The van der Waals surface area contributed by atoms with Crippen molar-refractivity contribution in [2.24, 2.45) is 5.73 Å². The Labute approximate surface area is 94.6 Å². The molecule has 0 aromatic heterocycles. The Hall–Kier alpha value is -0.120. The Morgan fingerprint density at radius 2 is 2.13 bits per heavy atom. The van der Waals surface area contributed by atoms with E-state index in [1.807, 2.05) is 0 Å². The fourth-order valence-electron chi connectivity index (χ4n) is 2.89. The Morgan fingerprint density at radius 3 is 2.60 bits per heavy atom. The summed E-state index contributed by atoms with van der Waals surface area (Å²) in [4.78, 5) is 5.01. The van der Waals surface area contributed by atoms with Gasteiger partial charge in [-0.1, -0.05) is 13.8 Å². The smallest absolute Gasteiger partial charge is 0.0458 e. The topological polar surface area (TPSA) is 32.5 Å². The molecule has 3 nitrogen and oxygen atoms in total. The van der Waals surface area contributed by atoms with Crippen LogP contribution in [-0.4, -0.2) is 55.1 Å². The van der Waals surface area contributed by atoms with Crippen LogP contribution < -0.4 is 5.73 Å². The third-order valence-electron chi connectivity index (χ3n) is 3.67. The summed E-state index contributed by atoms with van der Waals surface area (Å²) >= 11 is 0. The molecule has 3 heteroatoms. The van der Waals surface area contributed by atoms with Crippen LogP contribution in [0.4, 0.5) is 0 Å². The summed E-state index contributed by atoms with van der Waals surface area (Å²) < 4.78 is 0. The van der Waals surface area contributed by atoms with Gasteiger partial charge in [0.25, 0.3) is 0 Å². The molecule has 1 aliphatic heterocycles. The molecule has 1 unspecified atom stereocenters. The molecule has 90 valence electrons. The van der Waals surface area contributed by atoms with E-state index in [9.17, 15) is 0 Å². The molecule has 0 spiro atoms. The van der Waals surface area contributed by atoms with Gasteiger partial charge in [-0.15, -0.1) is 0 Å². The lowest BCUT2D eigenvalue weighted by molar-refractivity contribution is 0.0294. The second-order valence-electron chi connectivity index (χ2n) is 4.85. The highest BCUT2D eigenvalue weighted by Gasteiger charge is 2.37. The molecule has 0 saturated carbocycles. The van der Waals surface area contributed by atoms with Crippen molar-refractivity contribution < 1.29 is 0 Å². The molecule has 1 fully saturated rings. The van der Waals surface area contributed by atoms with E-state index in [1.54, 1.807) is 0 Å². The van der Waals surface area contributed by atoms with Gasteiger partial charge < -0.3 is 10.6 Å². The fourth-order valence-corrected chi connectivity index (χ4v) is 2.89. The first-order chi connectivity index (χ1) is 7.18. The zero-order chi connectivity index (χ0) is 11.3. The highest BCUT2D eigenvalue weighted by molar-refractivity contribution is 4.96. The SMILES string of the molecule is CCCN(CC)C1(CN)CCCN(C)C1. The van der Waals surface area contributed by atoms with Gasteiger partial charge in [0.2, 0.25) is 0 Å². The molecule has 0 bridgehead atoms. The second kappa shape index (κ2) is 5.83.